The fourth-order valence-electron chi connectivity index (χ4n) is 3.46. The summed E-state index contributed by atoms with van der Waals surface area (Å²) >= 11 is 0. The molecule has 7 heteroatoms. The highest BCUT2D eigenvalue weighted by Crippen LogP contribution is 2.25. The maximum absolute atomic E-state index is 12.9. The van der Waals surface area contributed by atoms with E-state index < -0.39 is 10.2 Å². The first-order chi connectivity index (χ1) is 10.6. The topological polar surface area (TPSA) is 52.7 Å². The highest BCUT2D eigenvalue weighted by atomic mass is 35.5. The highest BCUT2D eigenvalue weighted by molar-refractivity contribution is 7.86. The number of benzene rings is 1. The Morgan fingerprint density at radius 1 is 1.09 bits per heavy atom. The average molecular weight is 360 g/mol. The fraction of sp³-hybridized carbons (Fsp3) is 0.625. The van der Waals surface area contributed by atoms with E-state index in [-0.39, 0.29) is 12.4 Å². The molecule has 1 fully saturated rings. The zero-order valence-corrected chi connectivity index (χ0v) is 15.2. The molecule has 0 saturated carbocycles. The molecule has 0 spiro atoms. The lowest BCUT2D eigenvalue weighted by molar-refractivity contribution is 0.248. The molecule has 3 rings (SSSR count). The molecule has 1 saturated heterocycles. The first-order valence-electron chi connectivity index (χ1n) is 8.08. The van der Waals surface area contributed by atoms with Crippen LogP contribution in [0.1, 0.15) is 24.0 Å². The van der Waals surface area contributed by atoms with Crippen molar-refractivity contribution in [1.29, 1.82) is 0 Å². The van der Waals surface area contributed by atoms with Crippen molar-refractivity contribution in [3.8, 4) is 0 Å². The number of hydrogen-bond acceptors (Lipinski definition) is 3. The number of hydrogen-bond donors (Lipinski definition) is 1. The summed E-state index contributed by atoms with van der Waals surface area (Å²) < 4.78 is 29.0. The highest BCUT2D eigenvalue weighted by Gasteiger charge is 2.34. The van der Waals surface area contributed by atoms with Crippen LogP contribution in [0.4, 0.5) is 0 Å². The third-order valence-corrected chi connectivity index (χ3v) is 6.80. The number of piperidine rings is 1. The van der Waals surface area contributed by atoms with Crippen LogP contribution in [0.25, 0.3) is 0 Å². The van der Waals surface area contributed by atoms with E-state index in [2.05, 4.69) is 11.4 Å². The van der Waals surface area contributed by atoms with E-state index in [0.717, 1.165) is 31.4 Å². The second-order valence-corrected chi connectivity index (χ2v) is 8.19. The lowest BCUT2D eigenvalue weighted by Gasteiger charge is -2.36. The monoisotopic (exact) mass is 359 g/mol. The Morgan fingerprint density at radius 3 is 2.39 bits per heavy atom. The molecule has 0 radical (unpaired) electrons. The summed E-state index contributed by atoms with van der Waals surface area (Å²) in [6.45, 7) is 3.37. The van der Waals surface area contributed by atoms with E-state index >= 15 is 0 Å². The van der Waals surface area contributed by atoms with Crippen molar-refractivity contribution in [2.45, 2.75) is 25.8 Å². The van der Waals surface area contributed by atoms with E-state index in [1.807, 2.05) is 25.2 Å². The van der Waals surface area contributed by atoms with Gasteiger partial charge in [-0.3, -0.25) is 0 Å². The smallest absolute Gasteiger partial charge is 0.282 e. The normalized spacial score (nSPS) is 20.7. The first-order valence-corrected chi connectivity index (χ1v) is 9.47. The summed E-state index contributed by atoms with van der Waals surface area (Å²) in [4.78, 5) is 0. The molecule has 0 bridgehead atoms. The second-order valence-electron chi connectivity index (χ2n) is 6.26. The summed E-state index contributed by atoms with van der Waals surface area (Å²) in [5, 5.41) is 3.19. The number of fused-ring (bicyclic) bond motifs is 1. The maximum Gasteiger partial charge on any atom is 0.282 e. The van der Waals surface area contributed by atoms with E-state index in [1.54, 1.807) is 8.61 Å². The van der Waals surface area contributed by atoms with Gasteiger partial charge < -0.3 is 5.32 Å². The third-order valence-electron chi connectivity index (χ3n) is 4.81. The molecule has 2 aliphatic rings. The number of nitrogens with one attached hydrogen (secondary N) is 1. The van der Waals surface area contributed by atoms with Gasteiger partial charge in [-0.15, -0.1) is 12.4 Å². The van der Waals surface area contributed by atoms with Crippen LogP contribution < -0.4 is 5.32 Å². The van der Waals surface area contributed by atoms with Gasteiger partial charge in [-0.2, -0.15) is 17.0 Å². The van der Waals surface area contributed by atoms with Crippen LogP contribution >= 0.6 is 12.4 Å². The molecule has 1 N–H and O–H groups in total. The van der Waals surface area contributed by atoms with Gasteiger partial charge in [0.1, 0.15) is 0 Å². The lowest BCUT2D eigenvalue weighted by Crippen LogP contribution is -2.49. The fourth-order valence-corrected chi connectivity index (χ4v) is 5.09. The molecule has 0 amide bonds. The van der Waals surface area contributed by atoms with Crippen LogP contribution in [-0.2, 0) is 23.2 Å². The quantitative estimate of drug-likeness (QED) is 0.889. The van der Waals surface area contributed by atoms with Crippen molar-refractivity contribution < 1.29 is 8.42 Å². The Hall–Kier alpha value is -0.660. The Labute approximate surface area is 145 Å². The predicted octanol–water partition coefficient (Wildman–Crippen LogP) is 1.64. The number of halogens is 1. The van der Waals surface area contributed by atoms with Gasteiger partial charge in [-0.25, -0.2) is 0 Å². The van der Waals surface area contributed by atoms with Gasteiger partial charge >= 0.3 is 0 Å². The first kappa shape index (κ1) is 18.7. The van der Waals surface area contributed by atoms with Gasteiger partial charge in [0.15, 0.2) is 0 Å². The van der Waals surface area contributed by atoms with E-state index in [9.17, 15) is 8.42 Å². The molecule has 130 valence electrons. The molecule has 1 aromatic rings. The van der Waals surface area contributed by atoms with Gasteiger partial charge in [-0.1, -0.05) is 24.3 Å². The predicted molar refractivity (Wildman–Crippen MR) is 94.9 cm³/mol. The lowest BCUT2D eigenvalue weighted by atomic mass is 9.98. The Kier molecular flexibility index (Phi) is 6.45. The largest absolute Gasteiger partial charge is 0.319 e. The van der Waals surface area contributed by atoms with Crippen molar-refractivity contribution >= 4 is 22.6 Å². The van der Waals surface area contributed by atoms with Crippen molar-refractivity contribution in [2.24, 2.45) is 5.92 Å². The van der Waals surface area contributed by atoms with Crippen LogP contribution in [0.15, 0.2) is 24.3 Å². The Morgan fingerprint density at radius 2 is 1.74 bits per heavy atom. The van der Waals surface area contributed by atoms with Crippen molar-refractivity contribution in [3.63, 3.8) is 0 Å². The maximum atomic E-state index is 12.9. The summed E-state index contributed by atoms with van der Waals surface area (Å²) in [6, 6.07) is 8.15. The van der Waals surface area contributed by atoms with Gasteiger partial charge in [0.2, 0.25) is 0 Å². The molecular formula is C16H26ClN3O2S. The van der Waals surface area contributed by atoms with Gasteiger partial charge in [0.05, 0.1) is 0 Å². The Balaban J connectivity index is 0.00000192. The van der Waals surface area contributed by atoms with Crippen molar-refractivity contribution in [1.82, 2.24) is 13.9 Å². The van der Waals surface area contributed by atoms with Crippen molar-refractivity contribution in [3.05, 3.63) is 35.4 Å². The minimum atomic E-state index is -3.32. The summed E-state index contributed by atoms with van der Waals surface area (Å²) in [5.41, 5.74) is 2.42. The summed E-state index contributed by atoms with van der Waals surface area (Å²) in [7, 11) is -1.37. The van der Waals surface area contributed by atoms with Crippen LogP contribution in [0.3, 0.4) is 0 Å². The molecular weight excluding hydrogens is 334 g/mol. The summed E-state index contributed by atoms with van der Waals surface area (Å²) in [6.07, 6.45) is 2.71. The van der Waals surface area contributed by atoms with E-state index in [1.165, 1.54) is 5.56 Å². The van der Waals surface area contributed by atoms with Crippen LogP contribution in [0.2, 0.25) is 0 Å². The number of nitrogens with zero attached hydrogens (tertiary/aromatic N) is 2. The summed E-state index contributed by atoms with van der Waals surface area (Å²) in [5.74, 6) is 0.596. The van der Waals surface area contributed by atoms with E-state index in [4.69, 9.17) is 0 Å². The molecule has 0 atom stereocenters. The molecule has 0 unspecified atom stereocenters. The molecule has 1 aromatic carbocycles. The minimum Gasteiger partial charge on any atom is -0.319 e. The van der Waals surface area contributed by atoms with Crippen LogP contribution in [0.5, 0.6) is 0 Å². The van der Waals surface area contributed by atoms with Crippen LogP contribution in [-0.4, -0.2) is 50.3 Å². The van der Waals surface area contributed by atoms with Crippen LogP contribution in [0, 0.1) is 5.92 Å². The number of rotatable bonds is 4. The molecule has 23 heavy (non-hydrogen) atoms. The molecule has 2 aliphatic heterocycles. The molecule has 0 aliphatic carbocycles. The van der Waals surface area contributed by atoms with Gasteiger partial charge in [0, 0.05) is 26.2 Å². The molecule has 2 heterocycles. The minimum absolute atomic E-state index is 0. The average Bonchev–Trinajstić information content (AvgIpc) is 2.55. The molecule has 0 aromatic heterocycles. The van der Waals surface area contributed by atoms with Gasteiger partial charge in [-0.05, 0) is 49.9 Å². The van der Waals surface area contributed by atoms with Crippen molar-refractivity contribution in [2.75, 3.05) is 33.2 Å². The standard InChI is InChI=1S/C16H25N3O2S.ClH/c1-17-12-14-6-9-18(10-7-14)22(20,21)19-11-8-15-4-2-3-5-16(15)13-19;/h2-5,14,17H,6-13H2,1H3;1H. The second kappa shape index (κ2) is 7.94. The van der Waals surface area contributed by atoms with E-state index in [0.29, 0.717) is 32.1 Å². The SMILES string of the molecule is CNCC1CCN(S(=O)(=O)N2CCc3ccccc3C2)CC1.Cl. The molecule has 5 nitrogen and oxygen atoms in total. The zero-order chi connectivity index (χ0) is 15.6. The van der Waals surface area contributed by atoms with Gasteiger partial charge in [0.25, 0.3) is 10.2 Å². The zero-order valence-electron chi connectivity index (χ0n) is 13.6. The third kappa shape index (κ3) is 4.06. The Bertz CT molecular complexity index is 616.